The van der Waals surface area contributed by atoms with E-state index < -0.39 is 0 Å². The average Bonchev–Trinajstić information content (AvgIpc) is 2.77. The lowest BCUT2D eigenvalue weighted by Gasteiger charge is -2.28. The maximum absolute atomic E-state index is 12.4. The molecule has 2 amide bonds. The van der Waals surface area contributed by atoms with E-state index in [1.165, 1.54) is 0 Å². The standard InChI is InChI=1S/C22H27ClN4O3/c1-2-9-24-22(29)19-8-3-16(23)14-20(19)25-15-21(28)26-17-4-6-18(7-5-17)27-10-12-30-13-11-27/h3-8,14,25H,2,9-13,15H2,1H3,(H,24,29)(H,26,28). The van der Waals surface area contributed by atoms with Gasteiger partial charge >= 0.3 is 0 Å². The molecule has 2 aromatic rings. The van der Waals surface area contributed by atoms with Crippen molar-refractivity contribution in [3.05, 3.63) is 53.1 Å². The van der Waals surface area contributed by atoms with Gasteiger partial charge in [0.05, 0.1) is 25.3 Å². The summed E-state index contributed by atoms with van der Waals surface area (Å²) in [7, 11) is 0. The molecule has 8 heteroatoms. The lowest BCUT2D eigenvalue weighted by atomic mass is 10.1. The van der Waals surface area contributed by atoms with Gasteiger partial charge in [-0.15, -0.1) is 0 Å². The first-order chi connectivity index (χ1) is 14.6. The molecule has 1 aliphatic rings. The van der Waals surface area contributed by atoms with Crippen LogP contribution in [-0.4, -0.2) is 51.2 Å². The molecular weight excluding hydrogens is 404 g/mol. The third-order valence-corrected chi connectivity index (χ3v) is 4.96. The number of carbonyl (C=O) groups excluding carboxylic acids is 2. The Bertz CT molecular complexity index is 867. The number of nitrogens with one attached hydrogen (secondary N) is 3. The molecule has 0 unspecified atom stereocenters. The van der Waals surface area contributed by atoms with E-state index in [-0.39, 0.29) is 18.4 Å². The summed E-state index contributed by atoms with van der Waals surface area (Å²) in [5.41, 5.74) is 2.80. The highest BCUT2D eigenvalue weighted by molar-refractivity contribution is 6.31. The summed E-state index contributed by atoms with van der Waals surface area (Å²) < 4.78 is 5.37. The van der Waals surface area contributed by atoms with E-state index in [4.69, 9.17) is 16.3 Å². The lowest BCUT2D eigenvalue weighted by molar-refractivity contribution is -0.114. The highest BCUT2D eigenvalue weighted by Gasteiger charge is 2.13. The molecule has 0 saturated carbocycles. The first-order valence-electron chi connectivity index (χ1n) is 10.1. The zero-order valence-corrected chi connectivity index (χ0v) is 17.8. The van der Waals surface area contributed by atoms with Crippen LogP contribution in [0.25, 0.3) is 0 Å². The van der Waals surface area contributed by atoms with Crippen LogP contribution in [-0.2, 0) is 9.53 Å². The van der Waals surface area contributed by atoms with Crippen molar-refractivity contribution >= 4 is 40.5 Å². The fraction of sp³-hybridized carbons (Fsp3) is 0.364. The van der Waals surface area contributed by atoms with Gasteiger partial charge in [-0.25, -0.2) is 0 Å². The van der Waals surface area contributed by atoms with Gasteiger partial charge in [-0.1, -0.05) is 18.5 Å². The van der Waals surface area contributed by atoms with Crippen LogP contribution in [0.2, 0.25) is 5.02 Å². The van der Waals surface area contributed by atoms with Crippen LogP contribution < -0.4 is 20.9 Å². The summed E-state index contributed by atoms with van der Waals surface area (Å²) in [5, 5.41) is 9.20. The second-order valence-corrected chi connectivity index (χ2v) is 7.43. The second kappa shape index (κ2) is 10.8. The van der Waals surface area contributed by atoms with Crippen molar-refractivity contribution in [1.82, 2.24) is 5.32 Å². The molecule has 0 atom stereocenters. The van der Waals surface area contributed by atoms with Gasteiger partial charge in [0, 0.05) is 41.7 Å². The number of ether oxygens (including phenoxy) is 1. The SMILES string of the molecule is CCCNC(=O)c1ccc(Cl)cc1NCC(=O)Nc1ccc(N2CCOCC2)cc1. The van der Waals surface area contributed by atoms with Gasteiger partial charge in [0.2, 0.25) is 5.91 Å². The third kappa shape index (κ3) is 6.11. The first-order valence-corrected chi connectivity index (χ1v) is 10.5. The highest BCUT2D eigenvalue weighted by atomic mass is 35.5. The Morgan fingerprint density at radius 2 is 1.83 bits per heavy atom. The predicted molar refractivity (Wildman–Crippen MR) is 121 cm³/mol. The smallest absolute Gasteiger partial charge is 0.253 e. The Labute approximate surface area is 181 Å². The summed E-state index contributed by atoms with van der Waals surface area (Å²) in [5.74, 6) is -0.413. The average molecular weight is 431 g/mol. The molecule has 1 aliphatic heterocycles. The molecule has 0 aliphatic carbocycles. The minimum atomic E-state index is -0.214. The number of hydrogen-bond donors (Lipinski definition) is 3. The number of benzene rings is 2. The van der Waals surface area contributed by atoms with Crippen LogP contribution in [0.4, 0.5) is 17.1 Å². The van der Waals surface area contributed by atoms with Gasteiger partial charge in [-0.05, 0) is 48.9 Å². The fourth-order valence-corrected chi connectivity index (χ4v) is 3.32. The molecule has 1 heterocycles. The van der Waals surface area contributed by atoms with Crippen LogP contribution in [0.15, 0.2) is 42.5 Å². The molecule has 160 valence electrons. The van der Waals surface area contributed by atoms with Gasteiger partial charge in [0.25, 0.3) is 5.91 Å². The molecule has 3 rings (SSSR count). The number of amides is 2. The zero-order valence-electron chi connectivity index (χ0n) is 17.0. The summed E-state index contributed by atoms with van der Waals surface area (Å²) in [4.78, 5) is 27.0. The van der Waals surface area contributed by atoms with Crippen molar-refractivity contribution in [2.24, 2.45) is 0 Å². The summed E-state index contributed by atoms with van der Waals surface area (Å²) in [6.07, 6.45) is 0.842. The van der Waals surface area contributed by atoms with Crippen molar-refractivity contribution < 1.29 is 14.3 Å². The zero-order chi connectivity index (χ0) is 21.3. The van der Waals surface area contributed by atoms with Gasteiger partial charge in [-0.3, -0.25) is 9.59 Å². The Balaban J connectivity index is 1.56. The van der Waals surface area contributed by atoms with Gasteiger partial charge in [0.1, 0.15) is 0 Å². The summed E-state index contributed by atoms with van der Waals surface area (Å²) in [6, 6.07) is 12.7. The van der Waals surface area contributed by atoms with Crippen molar-refractivity contribution in [2.75, 3.05) is 54.9 Å². The topological polar surface area (TPSA) is 82.7 Å². The molecule has 0 bridgehead atoms. The molecule has 1 fully saturated rings. The third-order valence-electron chi connectivity index (χ3n) is 4.73. The molecular formula is C22H27ClN4O3. The minimum absolute atomic E-state index is 0.0135. The summed E-state index contributed by atoms with van der Waals surface area (Å²) >= 11 is 6.07. The Morgan fingerprint density at radius 3 is 2.53 bits per heavy atom. The maximum Gasteiger partial charge on any atom is 0.253 e. The van der Waals surface area contributed by atoms with E-state index in [1.54, 1.807) is 18.2 Å². The number of carbonyl (C=O) groups is 2. The van der Waals surface area contributed by atoms with E-state index in [1.807, 2.05) is 31.2 Å². The highest BCUT2D eigenvalue weighted by Crippen LogP contribution is 2.22. The fourth-order valence-electron chi connectivity index (χ4n) is 3.15. The van der Waals surface area contributed by atoms with Crippen LogP contribution in [0, 0.1) is 0 Å². The Hall–Kier alpha value is -2.77. The second-order valence-electron chi connectivity index (χ2n) is 6.99. The molecule has 30 heavy (non-hydrogen) atoms. The van der Waals surface area contributed by atoms with Crippen molar-refractivity contribution in [3.63, 3.8) is 0 Å². The van der Waals surface area contributed by atoms with Crippen molar-refractivity contribution in [2.45, 2.75) is 13.3 Å². The van der Waals surface area contributed by atoms with E-state index in [2.05, 4.69) is 20.9 Å². The van der Waals surface area contributed by atoms with Crippen LogP contribution in [0.5, 0.6) is 0 Å². The van der Waals surface area contributed by atoms with E-state index in [0.29, 0.717) is 28.5 Å². The number of halogens is 1. The van der Waals surface area contributed by atoms with E-state index >= 15 is 0 Å². The number of rotatable bonds is 8. The van der Waals surface area contributed by atoms with Gasteiger partial charge in [-0.2, -0.15) is 0 Å². The molecule has 1 saturated heterocycles. The quantitative estimate of drug-likeness (QED) is 0.598. The number of morpholine rings is 1. The van der Waals surface area contributed by atoms with Crippen molar-refractivity contribution in [1.29, 1.82) is 0 Å². The molecule has 7 nitrogen and oxygen atoms in total. The normalized spacial score (nSPS) is 13.6. The van der Waals surface area contributed by atoms with Crippen LogP contribution in [0.1, 0.15) is 23.7 Å². The maximum atomic E-state index is 12.4. The van der Waals surface area contributed by atoms with Crippen LogP contribution >= 0.6 is 11.6 Å². The van der Waals surface area contributed by atoms with E-state index in [9.17, 15) is 9.59 Å². The number of nitrogens with zero attached hydrogens (tertiary/aromatic N) is 1. The predicted octanol–water partition coefficient (Wildman–Crippen LogP) is 3.37. The molecule has 0 spiro atoms. The molecule has 3 N–H and O–H groups in total. The Kier molecular flexibility index (Phi) is 7.93. The van der Waals surface area contributed by atoms with Gasteiger partial charge < -0.3 is 25.6 Å². The molecule has 0 radical (unpaired) electrons. The molecule has 2 aromatic carbocycles. The van der Waals surface area contributed by atoms with Crippen molar-refractivity contribution in [3.8, 4) is 0 Å². The Morgan fingerprint density at radius 1 is 1.10 bits per heavy atom. The number of hydrogen-bond acceptors (Lipinski definition) is 5. The largest absolute Gasteiger partial charge is 0.378 e. The van der Waals surface area contributed by atoms with Crippen LogP contribution in [0.3, 0.4) is 0 Å². The lowest BCUT2D eigenvalue weighted by Crippen LogP contribution is -2.36. The summed E-state index contributed by atoms with van der Waals surface area (Å²) in [6.45, 7) is 5.77. The number of anilines is 3. The minimum Gasteiger partial charge on any atom is -0.378 e. The molecule has 0 aromatic heterocycles. The van der Waals surface area contributed by atoms with E-state index in [0.717, 1.165) is 38.4 Å². The van der Waals surface area contributed by atoms with Gasteiger partial charge in [0.15, 0.2) is 0 Å². The first kappa shape index (κ1) is 21.9. The monoisotopic (exact) mass is 430 g/mol.